The van der Waals surface area contributed by atoms with E-state index in [0.29, 0.717) is 0 Å². The summed E-state index contributed by atoms with van der Waals surface area (Å²) in [6.07, 6.45) is 4.45. The molecule has 2 aromatic rings. The van der Waals surface area contributed by atoms with Gasteiger partial charge < -0.3 is 5.32 Å². The maximum atomic E-state index is 4.55. The van der Waals surface area contributed by atoms with Crippen molar-refractivity contribution in [2.75, 3.05) is 6.54 Å². The zero-order valence-electron chi connectivity index (χ0n) is 10.1. The molecular formula is C12H16N4S. The highest BCUT2D eigenvalue weighted by Gasteiger charge is 2.09. The Balaban J connectivity index is 2.13. The van der Waals surface area contributed by atoms with E-state index >= 15 is 0 Å². The van der Waals surface area contributed by atoms with Gasteiger partial charge in [0.25, 0.3) is 0 Å². The van der Waals surface area contributed by atoms with E-state index in [2.05, 4.69) is 27.2 Å². The number of aromatic nitrogens is 3. The van der Waals surface area contributed by atoms with Crippen molar-refractivity contribution in [1.82, 2.24) is 20.3 Å². The van der Waals surface area contributed by atoms with Gasteiger partial charge in [-0.25, -0.2) is 15.0 Å². The minimum absolute atomic E-state index is 0.891. The van der Waals surface area contributed by atoms with Crippen LogP contribution in [-0.2, 0) is 6.54 Å². The molecule has 0 unspecified atom stereocenters. The quantitative estimate of drug-likeness (QED) is 0.826. The topological polar surface area (TPSA) is 50.7 Å². The summed E-state index contributed by atoms with van der Waals surface area (Å²) in [6.45, 7) is 6.14. The van der Waals surface area contributed by atoms with Crippen LogP contribution >= 0.6 is 11.3 Å². The van der Waals surface area contributed by atoms with Crippen LogP contribution in [0.5, 0.6) is 0 Å². The van der Waals surface area contributed by atoms with E-state index in [9.17, 15) is 0 Å². The molecule has 1 N–H and O–H groups in total. The van der Waals surface area contributed by atoms with Gasteiger partial charge in [-0.1, -0.05) is 6.92 Å². The average Bonchev–Trinajstić information content (AvgIpc) is 2.73. The molecule has 0 radical (unpaired) electrons. The van der Waals surface area contributed by atoms with Crippen LogP contribution < -0.4 is 5.32 Å². The Morgan fingerprint density at radius 1 is 1.41 bits per heavy atom. The first-order valence-electron chi connectivity index (χ1n) is 5.74. The number of thiazole rings is 1. The number of nitrogens with zero attached hydrogens (tertiary/aromatic N) is 3. The van der Waals surface area contributed by atoms with Crippen molar-refractivity contribution < 1.29 is 0 Å². The third-order valence-corrected chi connectivity index (χ3v) is 3.59. The molecule has 0 spiro atoms. The Morgan fingerprint density at radius 3 is 3.00 bits per heavy atom. The van der Waals surface area contributed by atoms with E-state index in [1.54, 1.807) is 23.9 Å². The zero-order chi connectivity index (χ0) is 12.1. The molecule has 0 fully saturated rings. The van der Waals surface area contributed by atoms with Crippen molar-refractivity contribution in [2.24, 2.45) is 0 Å². The number of hydrogen-bond acceptors (Lipinski definition) is 5. The molecular weight excluding hydrogens is 232 g/mol. The highest BCUT2D eigenvalue weighted by molar-refractivity contribution is 7.15. The lowest BCUT2D eigenvalue weighted by molar-refractivity contribution is 0.678. The summed E-state index contributed by atoms with van der Waals surface area (Å²) in [5.41, 5.74) is 1.99. The molecule has 0 amide bonds. The van der Waals surface area contributed by atoms with Gasteiger partial charge in [-0.05, 0) is 26.0 Å². The monoisotopic (exact) mass is 248 g/mol. The second-order valence-corrected chi connectivity index (χ2v) is 4.88. The van der Waals surface area contributed by atoms with Crippen molar-refractivity contribution in [3.05, 3.63) is 29.2 Å². The first-order valence-corrected chi connectivity index (χ1v) is 6.56. The number of aryl methyl sites for hydroxylation is 1. The van der Waals surface area contributed by atoms with Crippen LogP contribution in [-0.4, -0.2) is 21.5 Å². The molecule has 0 aliphatic heterocycles. The van der Waals surface area contributed by atoms with Crippen molar-refractivity contribution >= 4 is 11.3 Å². The second kappa shape index (κ2) is 5.84. The van der Waals surface area contributed by atoms with E-state index < -0.39 is 0 Å². The Bertz CT molecular complexity index is 467. The molecule has 0 aliphatic carbocycles. The fourth-order valence-corrected chi connectivity index (χ4v) is 2.51. The zero-order valence-corrected chi connectivity index (χ0v) is 10.9. The minimum Gasteiger partial charge on any atom is -0.312 e. The van der Waals surface area contributed by atoms with Crippen LogP contribution in [0.1, 0.15) is 23.9 Å². The van der Waals surface area contributed by atoms with Gasteiger partial charge in [-0.2, -0.15) is 0 Å². The van der Waals surface area contributed by atoms with Crippen molar-refractivity contribution in [1.29, 1.82) is 0 Å². The lowest BCUT2D eigenvalue weighted by atomic mass is 10.3. The van der Waals surface area contributed by atoms with Gasteiger partial charge in [0.2, 0.25) is 0 Å². The highest BCUT2D eigenvalue weighted by Crippen LogP contribution is 2.25. The summed E-state index contributed by atoms with van der Waals surface area (Å²) >= 11 is 1.70. The minimum atomic E-state index is 0.891. The lowest BCUT2D eigenvalue weighted by Crippen LogP contribution is -2.13. The van der Waals surface area contributed by atoms with Crippen LogP contribution in [0.2, 0.25) is 0 Å². The molecule has 0 aliphatic rings. The van der Waals surface area contributed by atoms with E-state index in [-0.39, 0.29) is 0 Å². The van der Waals surface area contributed by atoms with Crippen molar-refractivity contribution in [2.45, 2.75) is 26.8 Å². The van der Waals surface area contributed by atoms with Gasteiger partial charge in [0.15, 0.2) is 0 Å². The Labute approximate surface area is 105 Å². The van der Waals surface area contributed by atoms with Crippen molar-refractivity contribution in [3.8, 4) is 10.7 Å². The first-order chi connectivity index (χ1) is 8.31. The molecule has 0 saturated carbocycles. The Kier molecular flexibility index (Phi) is 4.17. The molecule has 2 rings (SSSR count). The molecule has 5 heteroatoms. The summed E-state index contributed by atoms with van der Waals surface area (Å²) in [6, 6.07) is 1.89. The number of rotatable bonds is 5. The normalized spacial score (nSPS) is 10.7. The molecule has 2 heterocycles. The molecule has 90 valence electrons. The summed E-state index contributed by atoms with van der Waals surface area (Å²) in [5, 5.41) is 4.37. The smallest absolute Gasteiger partial charge is 0.142 e. The SMILES string of the molecule is CCCNCc1sc(-c2ccncn2)nc1C. The average molecular weight is 248 g/mol. The van der Waals surface area contributed by atoms with E-state index in [4.69, 9.17) is 0 Å². The predicted octanol–water partition coefficient (Wildman–Crippen LogP) is 2.41. The van der Waals surface area contributed by atoms with Gasteiger partial charge in [0.1, 0.15) is 17.0 Å². The summed E-state index contributed by atoms with van der Waals surface area (Å²) in [7, 11) is 0. The van der Waals surface area contributed by atoms with Crippen LogP contribution in [0.15, 0.2) is 18.6 Å². The maximum Gasteiger partial charge on any atom is 0.142 e. The largest absolute Gasteiger partial charge is 0.312 e. The molecule has 0 bridgehead atoms. The third-order valence-electron chi connectivity index (χ3n) is 2.41. The standard InChI is InChI=1S/C12H16N4S/c1-3-5-13-7-11-9(2)16-12(17-11)10-4-6-14-8-15-10/h4,6,8,13H,3,5,7H2,1-2H3. The maximum absolute atomic E-state index is 4.55. The molecule has 0 atom stereocenters. The molecule has 0 saturated heterocycles. The number of hydrogen-bond donors (Lipinski definition) is 1. The van der Waals surface area contributed by atoms with Gasteiger partial charge in [-0.3, -0.25) is 0 Å². The van der Waals surface area contributed by atoms with Gasteiger partial charge in [0.05, 0.1) is 5.69 Å². The van der Waals surface area contributed by atoms with Crippen LogP contribution in [0, 0.1) is 6.92 Å². The fourth-order valence-electron chi connectivity index (χ4n) is 1.50. The third kappa shape index (κ3) is 3.08. The molecule has 0 aromatic carbocycles. The van der Waals surface area contributed by atoms with E-state index in [1.807, 2.05) is 13.0 Å². The Morgan fingerprint density at radius 2 is 2.29 bits per heavy atom. The first kappa shape index (κ1) is 12.1. The van der Waals surface area contributed by atoms with Gasteiger partial charge >= 0.3 is 0 Å². The highest BCUT2D eigenvalue weighted by atomic mass is 32.1. The summed E-state index contributed by atoms with van der Waals surface area (Å²) in [4.78, 5) is 14.0. The van der Waals surface area contributed by atoms with Gasteiger partial charge in [0, 0.05) is 17.6 Å². The summed E-state index contributed by atoms with van der Waals surface area (Å²) < 4.78 is 0. The van der Waals surface area contributed by atoms with Gasteiger partial charge in [-0.15, -0.1) is 11.3 Å². The van der Waals surface area contributed by atoms with E-state index in [0.717, 1.165) is 35.9 Å². The van der Waals surface area contributed by atoms with E-state index in [1.165, 1.54) is 4.88 Å². The van der Waals surface area contributed by atoms with Crippen molar-refractivity contribution in [3.63, 3.8) is 0 Å². The second-order valence-electron chi connectivity index (χ2n) is 3.80. The Hall–Kier alpha value is -1.33. The van der Waals surface area contributed by atoms with Crippen LogP contribution in [0.3, 0.4) is 0 Å². The van der Waals surface area contributed by atoms with Crippen LogP contribution in [0.4, 0.5) is 0 Å². The molecule has 17 heavy (non-hydrogen) atoms. The van der Waals surface area contributed by atoms with Crippen LogP contribution in [0.25, 0.3) is 10.7 Å². The lowest BCUT2D eigenvalue weighted by Gasteiger charge is -1.99. The number of nitrogens with one attached hydrogen (secondary N) is 1. The molecule has 4 nitrogen and oxygen atoms in total. The summed E-state index contributed by atoms with van der Waals surface area (Å²) in [5.74, 6) is 0. The predicted molar refractivity (Wildman–Crippen MR) is 69.9 cm³/mol. The molecule has 2 aromatic heterocycles. The fraction of sp³-hybridized carbons (Fsp3) is 0.417.